The van der Waals surface area contributed by atoms with Gasteiger partial charge in [-0.25, -0.2) is 4.68 Å². The van der Waals surface area contributed by atoms with Gasteiger partial charge in [-0.1, -0.05) is 12.8 Å². The Morgan fingerprint density at radius 1 is 1.35 bits per heavy atom. The van der Waals surface area contributed by atoms with Crippen molar-refractivity contribution in [2.75, 3.05) is 5.32 Å². The number of nitrogens with one attached hydrogen (secondary N) is 1. The van der Waals surface area contributed by atoms with Crippen molar-refractivity contribution in [1.29, 1.82) is 0 Å². The van der Waals surface area contributed by atoms with E-state index < -0.39 is 0 Å². The van der Waals surface area contributed by atoms with E-state index in [1.165, 1.54) is 31.2 Å². The smallest absolute Gasteiger partial charge is 0.124 e. The predicted octanol–water partition coefficient (Wildman–Crippen LogP) is 3.14. The van der Waals surface area contributed by atoms with Crippen LogP contribution in [0.2, 0.25) is 0 Å². The van der Waals surface area contributed by atoms with Gasteiger partial charge in [-0.05, 0) is 26.7 Å². The standard InChI is InChI=1S/C15H23N5/c1-3-19-15(8-12(2)18-19)16-9-13-10-17-20(11-13)14-6-4-5-7-14/h8,10-11,14,16H,3-7,9H2,1-2H3. The molecule has 0 aliphatic heterocycles. The molecule has 5 nitrogen and oxygen atoms in total. The SMILES string of the molecule is CCn1nc(C)cc1NCc1cnn(C2CCCC2)c1. The van der Waals surface area contributed by atoms with Gasteiger partial charge in [0.2, 0.25) is 0 Å². The van der Waals surface area contributed by atoms with E-state index in [1.807, 2.05) is 17.8 Å². The van der Waals surface area contributed by atoms with Crippen LogP contribution in [0.25, 0.3) is 0 Å². The molecule has 1 aliphatic carbocycles. The van der Waals surface area contributed by atoms with Crippen molar-refractivity contribution in [2.24, 2.45) is 0 Å². The maximum absolute atomic E-state index is 4.51. The zero-order valence-electron chi connectivity index (χ0n) is 12.3. The number of hydrogen-bond acceptors (Lipinski definition) is 3. The summed E-state index contributed by atoms with van der Waals surface area (Å²) in [4.78, 5) is 0. The quantitative estimate of drug-likeness (QED) is 0.910. The zero-order valence-corrected chi connectivity index (χ0v) is 12.3. The van der Waals surface area contributed by atoms with Crippen LogP contribution in [-0.2, 0) is 13.1 Å². The number of nitrogens with zero attached hydrogens (tertiary/aromatic N) is 4. The number of aromatic nitrogens is 4. The summed E-state index contributed by atoms with van der Waals surface area (Å²) in [6, 6.07) is 2.71. The van der Waals surface area contributed by atoms with Crippen molar-refractivity contribution < 1.29 is 0 Å². The van der Waals surface area contributed by atoms with Gasteiger partial charge in [-0.15, -0.1) is 0 Å². The number of rotatable bonds is 5. The Bertz CT molecular complexity index is 563. The summed E-state index contributed by atoms with van der Waals surface area (Å²) < 4.78 is 4.14. The topological polar surface area (TPSA) is 47.7 Å². The Kier molecular flexibility index (Phi) is 3.76. The summed E-state index contributed by atoms with van der Waals surface area (Å²) in [6.45, 7) is 5.82. The summed E-state index contributed by atoms with van der Waals surface area (Å²) in [5.74, 6) is 1.08. The molecule has 1 aliphatic rings. The lowest BCUT2D eigenvalue weighted by atomic mass is 10.2. The summed E-state index contributed by atoms with van der Waals surface area (Å²) >= 11 is 0. The molecule has 0 unspecified atom stereocenters. The van der Waals surface area contributed by atoms with E-state index in [2.05, 4.69) is 39.4 Å². The maximum atomic E-state index is 4.51. The van der Waals surface area contributed by atoms with Gasteiger partial charge in [0.1, 0.15) is 5.82 Å². The van der Waals surface area contributed by atoms with Crippen LogP contribution in [0.15, 0.2) is 18.5 Å². The number of aryl methyl sites for hydroxylation is 2. The van der Waals surface area contributed by atoms with Gasteiger partial charge < -0.3 is 5.32 Å². The molecule has 1 saturated carbocycles. The summed E-state index contributed by atoms with van der Waals surface area (Å²) in [7, 11) is 0. The third-order valence-electron chi connectivity index (χ3n) is 4.03. The van der Waals surface area contributed by atoms with Crippen molar-refractivity contribution in [3.05, 3.63) is 29.7 Å². The van der Waals surface area contributed by atoms with Gasteiger partial charge in [-0.2, -0.15) is 10.2 Å². The van der Waals surface area contributed by atoms with Crippen LogP contribution in [0.1, 0.15) is 49.9 Å². The molecule has 2 aromatic rings. The Morgan fingerprint density at radius 2 is 2.15 bits per heavy atom. The van der Waals surface area contributed by atoms with Gasteiger partial charge in [0, 0.05) is 30.9 Å². The Labute approximate surface area is 120 Å². The van der Waals surface area contributed by atoms with Crippen LogP contribution in [0, 0.1) is 6.92 Å². The lowest BCUT2D eigenvalue weighted by Crippen LogP contribution is -2.07. The second-order valence-electron chi connectivity index (χ2n) is 5.61. The van der Waals surface area contributed by atoms with Gasteiger partial charge in [0.05, 0.1) is 17.9 Å². The number of hydrogen-bond donors (Lipinski definition) is 1. The average molecular weight is 273 g/mol. The number of anilines is 1. The third-order valence-corrected chi connectivity index (χ3v) is 4.03. The summed E-state index contributed by atoms with van der Waals surface area (Å²) in [5, 5.41) is 12.4. The fraction of sp³-hybridized carbons (Fsp3) is 0.600. The van der Waals surface area contributed by atoms with Crippen LogP contribution >= 0.6 is 0 Å². The fourth-order valence-corrected chi connectivity index (χ4v) is 2.96. The Hall–Kier alpha value is -1.78. The Morgan fingerprint density at radius 3 is 2.90 bits per heavy atom. The van der Waals surface area contributed by atoms with E-state index in [0.717, 1.165) is 24.6 Å². The minimum absolute atomic E-state index is 0.618. The molecule has 108 valence electrons. The lowest BCUT2D eigenvalue weighted by molar-refractivity contribution is 0.466. The molecule has 0 bridgehead atoms. The molecule has 5 heteroatoms. The van der Waals surface area contributed by atoms with E-state index in [4.69, 9.17) is 0 Å². The highest BCUT2D eigenvalue weighted by Crippen LogP contribution is 2.28. The minimum Gasteiger partial charge on any atom is -0.366 e. The monoisotopic (exact) mass is 273 g/mol. The van der Waals surface area contributed by atoms with Crippen molar-refractivity contribution in [2.45, 2.75) is 58.7 Å². The van der Waals surface area contributed by atoms with Crippen molar-refractivity contribution in [1.82, 2.24) is 19.6 Å². The van der Waals surface area contributed by atoms with E-state index >= 15 is 0 Å². The molecule has 2 heterocycles. The summed E-state index contributed by atoms with van der Waals surface area (Å²) in [6.07, 6.45) is 9.39. The molecule has 0 atom stereocenters. The van der Waals surface area contributed by atoms with E-state index in [9.17, 15) is 0 Å². The van der Waals surface area contributed by atoms with Crippen molar-refractivity contribution >= 4 is 5.82 Å². The molecule has 0 radical (unpaired) electrons. The molecule has 0 amide bonds. The first-order valence-corrected chi connectivity index (χ1v) is 7.57. The average Bonchev–Trinajstić information content (AvgIpc) is 3.16. The Balaban J connectivity index is 1.63. The van der Waals surface area contributed by atoms with Crippen LogP contribution in [0.5, 0.6) is 0 Å². The van der Waals surface area contributed by atoms with Gasteiger partial charge in [0.15, 0.2) is 0 Å². The van der Waals surface area contributed by atoms with Crippen LogP contribution in [-0.4, -0.2) is 19.6 Å². The lowest BCUT2D eigenvalue weighted by Gasteiger charge is -2.09. The molecule has 0 saturated heterocycles. The maximum Gasteiger partial charge on any atom is 0.124 e. The van der Waals surface area contributed by atoms with Crippen molar-refractivity contribution in [3.63, 3.8) is 0 Å². The fourth-order valence-electron chi connectivity index (χ4n) is 2.96. The van der Waals surface area contributed by atoms with Crippen molar-refractivity contribution in [3.8, 4) is 0 Å². The van der Waals surface area contributed by atoms with Gasteiger partial charge in [-0.3, -0.25) is 4.68 Å². The molecule has 0 aromatic carbocycles. The third kappa shape index (κ3) is 2.71. The summed E-state index contributed by atoms with van der Waals surface area (Å²) in [5.41, 5.74) is 2.29. The second-order valence-corrected chi connectivity index (χ2v) is 5.61. The predicted molar refractivity (Wildman–Crippen MR) is 79.7 cm³/mol. The molecule has 0 spiro atoms. The zero-order chi connectivity index (χ0) is 13.9. The van der Waals surface area contributed by atoms with E-state index in [0.29, 0.717) is 6.04 Å². The highest BCUT2D eigenvalue weighted by molar-refractivity contribution is 5.37. The van der Waals surface area contributed by atoms with E-state index in [-0.39, 0.29) is 0 Å². The van der Waals surface area contributed by atoms with Gasteiger partial charge in [0.25, 0.3) is 0 Å². The molecule has 20 heavy (non-hydrogen) atoms. The second kappa shape index (κ2) is 5.69. The molecular formula is C15H23N5. The molecule has 1 N–H and O–H groups in total. The first-order valence-electron chi connectivity index (χ1n) is 7.57. The highest BCUT2D eigenvalue weighted by atomic mass is 15.3. The first kappa shape index (κ1) is 13.2. The van der Waals surface area contributed by atoms with E-state index in [1.54, 1.807) is 0 Å². The first-order chi connectivity index (χ1) is 9.76. The van der Waals surface area contributed by atoms with Gasteiger partial charge >= 0.3 is 0 Å². The minimum atomic E-state index is 0.618. The van der Waals surface area contributed by atoms with Crippen LogP contribution < -0.4 is 5.32 Å². The largest absolute Gasteiger partial charge is 0.366 e. The molecular weight excluding hydrogens is 250 g/mol. The molecule has 2 aromatic heterocycles. The molecule has 3 rings (SSSR count). The highest BCUT2D eigenvalue weighted by Gasteiger charge is 2.17. The molecule has 1 fully saturated rings. The van der Waals surface area contributed by atoms with Crippen LogP contribution in [0.4, 0.5) is 5.82 Å². The normalized spacial score (nSPS) is 15.9. The van der Waals surface area contributed by atoms with Crippen LogP contribution in [0.3, 0.4) is 0 Å².